The Morgan fingerprint density at radius 2 is 2.08 bits per heavy atom. The van der Waals surface area contributed by atoms with Gasteiger partial charge in [-0.2, -0.15) is 0 Å². The molecule has 142 valence electrons. The van der Waals surface area contributed by atoms with Crippen LogP contribution in [0.2, 0.25) is 0 Å². The number of aromatic nitrogens is 1. The molecule has 0 N–H and O–H groups in total. The molecule has 0 amide bonds. The van der Waals surface area contributed by atoms with E-state index < -0.39 is 5.92 Å². The number of hydrogen-bond acceptors (Lipinski definition) is 2. The molecule has 2 aromatic heterocycles. The predicted molar refractivity (Wildman–Crippen MR) is 98.2 cm³/mol. The molecule has 0 bridgehead atoms. The summed E-state index contributed by atoms with van der Waals surface area (Å²) in [5, 5.41) is 0. The third-order valence-corrected chi connectivity index (χ3v) is 5.55. The minimum Gasteiger partial charge on any atom is -0.384 e. The second kappa shape index (κ2) is 7.87. The number of fused-ring (bicyclic) bond motifs is 1. The number of Topliss-reactive ketones (excluding diaryl/α,β-unsaturated/α-hetero) is 1. The number of ketones is 1. The molecular weight excluding hydrogens is 336 g/mol. The van der Waals surface area contributed by atoms with Crippen molar-refractivity contribution in [3.05, 3.63) is 41.2 Å². The van der Waals surface area contributed by atoms with E-state index in [1.54, 1.807) is 7.11 Å². The number of halogens is 2. The molecular formula is C21H27F2NO2. The highest BCUT2D eigenvalue weighted by atomic mass is 19.3. The van der Waals surface area contributed by atoms with E-state index >= 15 is 0 Å². The first-order chi connectivity index (χ1) is 12.4. The highest BCUT2D eigenvalue weighted by Crippen LogP contribution is 2.38. The topological polar surface area (TPSA) is 30.7 Å². The van der Waals surface area contributed by atoms with Gasteiger partial charge in [-0.3, -0.25) is 4.79 Å². The highest BCUT2D eigenvalue weighted by Gasteiger charge is 2.34. The van der Waals surface area contributed by atoms with Crippen LogP contribution in [0.5, 0.6) is 0 Å². The van der Waals surface area contributed by atoms with E-state index in [-0.39, 0.29) is 24.5 Å². The monoisotopic (exact) mass is 363 g/mol. The summed E-state index contributed by atoms with van der Waals surface area (Å²) in [5.74, 6) is -2.16. The summed E-state index contributed by atoms with van der Waals surface area (Å²) in [5.41, 5.74) is 3.83. The summed E-state index contributed by atoms with van der Waals surface area (Å²) in [7, 11) is 1.67. The Bertz CT molecular complexity index is 772. The van der Waals surface area contributed by atoms with E-state index in [4.69, 9.17) is 4.74 Å². The van der Waals surface area contributed by atoms with Crippen molar-refractivity contribution in [3.8, 4) is 0 Å². The van der Waals surface area contributed by atoms with Gasteiger partial charge in [0.1, 0.15) is 0 Å². The average molecular weight is 363 g/mol. The van der Waals surface area contributed by atoms with Crippen LogP contribution in [0.1, 0.15) is 60.1 Å². The van der Waals surface area contributed by atoms with Crippen LogP contribution in [-0.4, -0.2) is 29.8 Å². The van der Waals surface area contributed by atoms with Gasteiger partial charge in [-0.05, 0) is 49.8 Å². The maximum absolute atomic E-state index is 13.3. The van der Waals surface area contributed by atoms with Gasteiger partial charge in [0.15, 0.2) is 5.78 Å². The molecule has 1 aliphatic carbocycles. The predicted octanol–water partition coefficient (Wildman–Crippen LogP) is 5.23. The van der Waals surface area contributed by atoms with E-state index in [1.807, 2.05) is 31.3 Å². The number of aryl methyl sites for hydroxylation is 1. The third kappa shape index (κ3) is 4.14. The number of carbonyl (C=O) groups excluding carboxylic acids is 1. The Hall–Kier alpha value is -1.75. The largest absolute Gasteiger partial charge is 0.384 e. The second-order valence-corrected chi connectivity index (χ2v) is 7.46. The zero-order chi connectivity index (χ0) is 18.7. The van der Waals surface area contributed by atoms with Gasteiger partial charge in [-0.25, -0.2) is 8.78 Å². The number of ether oxygens (including phenoxy) is 1. The molecule has 0 atom stereocenters. The number of hydrogen-bond donors (Lipinski definition) is 0. The molecule has 2 aromatic rings. The van der Waals surface area contributed by atoms with Gasteiger partial charge in [0, 0.05) is 50.2 Å². The van der Waals surface area contributed by atoms with Crippen LogP contribution in [0.25, 0.3) is 5.52 Å². The first kappa shape index (κ1) is 19.0. The van der Waals surface area contributed by atoms with Crippen molar-refractivity contribution in [2.24, 2.45) is 5.92 Å². The molecule has 1 saturated carbocycles. The van der Waals surface area contributed by atoms with Gasteiger partial charge in [0.25, 0.3) is 0 Å². The quantitative estimate of drug-likeness (QED) is 0.631. The molecule has 0 radical (unpaired) electrons. The lowest BCUT2D eigenvalue weighted by molar-refractivity contribution is -0.0464. The number of pyridine rings is 1. The fourth-order valence-corrected chi connectivity index (χ4v) is 3.97. The SMILES string of the molecule is COCCc1cc(C(=O)CCC2CCC(F)(F)CC2)c2c(C)cccn12. The molecule has 3 rings (SSSR count). The van der Waals surface area contributed by atoms with Crippen LogP contribution in [0.4, 0.5) is 8.78 Å². The van der Waals surface area contributed by atoms with Crippen LogP contribution < -0.4 is 0 Å². The summed E-state index contributed by atoms with van der Waals surface area (Å²) >= 11 is 0. The lowest BCUT2D eigenvalue weighted by Crippen LogP contribution is -2.24. The van der Waals surface area contributed by atoms with Crippen molar-refractivity contribution >= 4 is 11.3 Å². The molecule has 0 aliphatic heterocycles. The van der Waals surface area contributed by atoms with Gasteiger partial charge in [-0.15, -0.1) is 0 Å². The number of methoxy groups -OCH3 is 1. The maximum Gasteiger partial charge on any atom is 0.248 e. The summed E-state index contributed by atoms with van der Waals surface area (Å²) in [6, 6.07) is 5.96. The fourth-order valence-electron chi connectivity index (χ4n) is 3.97. The van der Waals surface area contributed by atoms with E-state index in [0.717, 1.165) is 28.8 Å². The maximum atomic E-state index is 13.3. The molecule has 0 unspecified atom stereocenters. The number of alkyl halides is 2. The van der Waals surface area contributed by atoms with Crippen LogP contribution in [-0.2, 0) is 11.2 Å². The molecule has 3 nitrogen and oxygen atoms in total. The molecule has 5 heteroatoms. The van der Waals surface area contributed by atoms with Crippen molar-refractivity contribution < 1.29 is 18.3 Å². The van der Waals surface area contributed by atoms with Crippen molar-refractivity contribution in [2.45, 2.75) is 57.8 Å². The molecule has 0 spiro atoms. The summed E-state index contributed by atoms with van der Waals surface area (Å²) < 4.78 is 33.8. The highest BCUT2D eigenvalue weighted by molar-refractivity contribution is 6.03. The smallest absolute Gasteiger partial charge is 0.248 e. The Labute approximate surface area is 153 Å². The minimum atomic E-state index is -2.51. The zero-order valence-corrected chi connectivity index (χ0v) is 15.6. The van der Waals surface area contributed by atoms with E-state index in [1.165, 1.54) is 0 Å². The van der Waals surface area contributed by atoms with Crippen LogP contribution in [0.3, 0.4) is 0 Å². The minimum absolute atomic E-state index is 0.0404. The second-order valence-electron chi connectivity index (χ2n) is 7.46. The first-order valence-corrected chi connectivity index (χ1v) is 9.41. The zero-order valence-electron chi connectivity index (χ0n) is 15.6. The Morgan fingerprint density at radius 1 is 1.35 bits per heavy atom. The summed E-state index contributed by atoms with van der Waals surface area (Å²) in [4.78, 5) is 12.9. The van der Waals surface area contributed by atoms with Gasteiger partial charge >= 0.3 is 0 Å². The van der Waals surface area contributed by atoms with Crippen LogP contribution in [0, 0.1) is 12.8 Å². The fraction of sp³-hybridized carbons (Fsp3) is 0.571. The average Bonchev–Trinajstić information content (AvgIpc) is 2.99. The van der Waals surface area contributed by atoms with Crippen LogP contribution >= 0.6 is 0 Å². The van der Waals surface area contributed by atoms with Crippen molar-refractivity contribution in [1.29, 1.82) is 0 Å². The van der Waals surface area contributed by atoms with E-state index in [0.29, 0.717) is 32.3 Å². The Balaban J connectivity index is 1.73. The number of nitrogens with zero attached hydrogens (tertiary/aromatic N) is 1. The molecule has 2 heterocycles. The molecule has 1 fully saturated rings. The molecule has 26 heavy (non-hydrogen) atoms. The van der Waals surface area contributed by atoms with E-state index in [2.05, 4.69) is 4.40 Å². The number of rotatable bonds is 7. The van der Waals surface area contributed by atoms with Crippen molar-refractivity contribution in [2.75, 3.05) is 13.7 Å². The van der Waals surface area contributed by atoms with Crippen molar-refractivity contribution in [1.82, 2.24) is 4.40 Å². The van der Waals surface area contributed by atoms with Gasteiger partial charge in [0.2, 0.25) is 5.92 Å². The molecule has 1 aliphatic rings. The standard InChI is InChI=1S/C21H27F2NO2/c1-15-4-3-12-24-17(9-13-26-2)14-18(20(15)24)19(25)6-5-16-7-10-21(22,23)11-8-16/h3-4,12,14,16H,5-11,13H2,1-2H3. The normalized spacial score (nSPS) is 17.7. The third-order valence-electron chi connectivity index (χ3n) is 5.55. The Morgan fingerprint density at radius 3 is 2.77 bits per heavy atom. The molecule has 0 saturated heterocycles. The molecule has 0 aromatic carbocycles. The van der Waals surface area contributed by atoms with Crippen LogP contribution in [0.15, 0.2) is 24.4 Å². The Kier molecular flexibility index (Phi) is 5.76. The number of carbonyl (C=O) groups is 1. The first-order valence-electron chi connectivity index (χ1n) is 9.41. The summed E-state index contributed by atoms with van der Waals surface area (Å²) in [6.45, 7) is 2.61. The van der Waals surface area contributed by atoms with Gasteiger partial charge < -0.3 is 9.14 Å². The lowest BCUT2D eigenvalue weighted by atomic mass is 9.83. The van der Waals surface area contributed by atoms with Gasteiger partial charge in [-0.1, -0.05) is 6.07 Å². The summed E-state index contributed by atoms with van der Waals surface area (Å²) in [6.07, 6.45) is 4.81. The lowest BCUT2D eigenvalue weighted by Gasteiger charge is -2.27. The van der Waals surface area contributed by atoms with Gasteiger partial charge in [0.05, 0.1) is 12.1 Å². The van der Waals surface area contributed by atoms with E-state index in [9.17, 15) is 13.6 Å². The van der Waals surface area contributed by atoms with Crippen molar-refractivity contribution in [3.63, 3.8) is 0 Å².